The van der Waals surface area contributed by atoms with Gasteiger partial charge in [-0.1, -0.05) is 25.1 Å². The highest BCUT2D eigenvalue weighted by Crippen LogP contribution is 2.32. The Morgan fingerprint density at radius 2 is 1.65 bits per heavy atom. The van der Waals surface area contributed by atoms with Crippen LogP contribution in [0.15, 0.2) is 53.4 Å². The number of piperazine rings is 1. The van der Waals surface area contributed by atoms with Gasteiger partial charge in [-0.3, -0.25) is 4.90 Å². The fourth-order valence-corrected chi connectivity index (χ4v) is 3.82. The van der Waals surface area contributed by atoms with Crippen molar-refractivity contribution >= 4 is 17.4 Å². The minimum atomic E-state index is -4.29. The van der Waals surface area contributed by atoms with E-state index in [0.717, 1.165) is 44.5 Å². The van der Waals surface area contributed by atoms with Crippen LogP contribution in [0.25, 0.3) is 0 Å². The second-order valence-electron chi connectivity index (χ2n) is 6.39. The molecule has 26 heavy (non-hydrogen) atoms. The first-order valence-electron chi connectivity index (χ1n) is 8.82. The van der Waals surface area contributed by atoms with Gasteiger partial charge in [0.15, 0.2) is 0 Å². The molecule has 0 bridgehead atoms. The van der Waals surface area contributed by atoms with E-state index >= 15 is 0 Å². The first-order valence-corrected chi connectivity index (χ1v) is 9.80. The van der Waals surface area contributed by atoms with Gasteiger partial charge in [0, 0.05) is 43.3 Å². The summed E-state index contributed by atoms with van der Waals surface area (Å²) in [5, 5.41) is 0. The number of halogens is 3. The zero-order chi connectivity index (χ0) is 18.6. The average Bonchev–Trinajstić information content (AvgIpc) is 2.64. The molecule has 2 aromatic rings. The lowest BCUT2D eigenvalue weighted by molar-refractivity contribution is -0.137. The van der Waals surface area contributed by atoms with Gasteiger partial charge in [0.05, 0.1) is 5.56 Å². The van der Waals surface area contributed by atoms with Gasteiger partial charge in [-0.25, -0.2) is 0 Å². The van der Waals surface area contributed by atoms with Gasteiger partial charge in [-0.05, 0) is 41.6 Å². The summed E-state index contributed by atoms with van der Waals surface area (Å²) in [5.74, 6) is 1.07. The molecule has 2 aromatic carbocycles. The molecule has 140 valence electrons. The molecule has 0 saturated carbocycles. The van der Waals surface area contributed by atoms with Crippen molar-refractivity contribution in [2.45, 2.75) is 24.5 Å². The smallest absolute Gasteiger partial charge is 0.369 e. The molecule has 0 aliphatic carbocycles. The first-order chi connectivity index (χ1) is 12.5. The van der Waals surface area contributed by atoms with Gasteiger partial charge >= 0.3 is 6.18 Å². The zero-order valence-corrected chi connectivity index (χ0v) is 15.6. The lowest BCUT2D eigenvalue weighted by Gasteiger charge is -2.36. The molecule has 1 heterocycles. The summed E-state index contributed by atoms with van der Waals surface area (Å²) in [6, 6.07) is 14.3. The second-order valence-corrected chi connectivity index (χ2v) is 7.73. The molecule has 0 N–H and O–H groups in total. The van der Waals surface area contributed by atoms with Gasteiger partial charge in [0.1, 0.15) is 0 Å². The van der Waals surface area contributed by atoms with Crippen molar-refractivity contribution in [2.75, 3.05) is 36.8 Å². The molecule has 3 rings (SSSR count). The van der Waals surface area contributed by atoms with Gasteiger partial charge in [0.25, 0.3) is 0 Å². The number of hydrogen-bond acceptors (Lipinski definition) is 3. The van der Waals surface area contributed by atoms with Gasteiger partial charge in [0.2, 0.25) is 0 Å². The van der Waals surface area contributed by atoms with E-state index in [-0.39, 0.29) is 0 Å². The number of alkyl halides is 3. The standard InChI is InChI=1S/C20H23F3N2S/c1-2-26-19-8-6-16(7-9-19)15-24-10-12-25(13-11-24)18-5-3-4-17(14-18)20(21,22)23/h3-9,14H,2,10-13,15H2,1H3. The molecule has 6 heteroatoms. The Bertz CT molecular complexity index is 708. The third kappa shape index (κ3) is 4.95. The van der Waals surface area contributed by atoms with Gasteiger partial charge in [-0.2, -0.15) is 13.2 Å². The van der Waals surface area contributed by atoms with Crippen LogP contribution in [0, 0.1) is 0 Å². The topological polar surface area (TPSA) is 6.48 Å². The van der Waals surface area contributed by atoms with Crippen LogP contribution in [0.1, 0.15) is 18.1 Å². The Balaban J connectivity index is 1.56. The fourth-order valence-electron chi connectivity index (χ4n) is 3.16. The Kier molecular flexibility index (Phi) is 6.14. The predicted octanol–water partition coefficient (Wildman–Crippen LogP) is 5.14. The van der Waals surface area contributed by atoms with Crippen LogP contribution in [0.3, 0.4) is 0 Å². The molecule has 0 aromatic heterocycles. The largest absolute Gasteiger partial charge is 0.416 e. The van der Waals surface area contributed by atoms with Crippen LogP contribution in [0.4, 0.5) is 18.9 Å². The van der Waals surface area contributed by atoms with Crippen LogP contribution >= 0.6 is 11.8 Å². The Morgan fingerprint density at radius 1 is 0.962 bits per heavy atom. The molecular formula is C20H23F3N2S. The van der Waals surface area contributed by atoms with E-state index < -0.39 is 11.7 Å². The summed E-state index contributed by atoms with van der Waals surface area (Å²) >= 11 is 1.83. The predicted molar refractivity (Wildman–Crippen MR) is 102 cm³/mol. The summed E-state index contributed by atoms with van der Waals surface area (Å²) in [6.45, 7) is 6.20. The number of rotatable bonds is 5. The van der Waals surface area contributed by atoms with E-state index in [1.165, 1.54) is 22.6 Å². The normalized spacial score (nSPS) is 16.1. The van der Waals surface area contributed by atoms with E-state index in [2.05, 4.69) is 36.1 Å². The third-order valence-electron chi connectivity index (χ3n) is 4.55. The molecule has 0 radical (unpaired) electrons. The Morgan fingerprint density at radius 3 is 2.27 bits per heavy atom. The molecule has 0 amide bonds. The van der Waals surface area contributed by atoms with Crippen LogP contribution in [-0.2, 0) is 12.7 Å². The molecule has 1 fully saturated rings. The van der Waals surface area contributed by atoms with Crippen molar-refractivity contribution in [2.24, 2.45) is 0 Å². The van der Waals surface area contributed by atoms with Crippen LogP contribution < -0.4 is 4.90 Å². The zero-order valence-electron chi connectivity index (χ0n) is 14.8. The van der Waals surface area contributed by atoms with Gasteiger partial charge < -0.3 is 4.90 Å². The van der Waals surface area contributed by atoms with Crippen LogP contribution in [-0.4, -0.2) is 36.8 Å². The minimum absolute atomic E-state index is 0.581. The maximum atomic E-state index is 12.9. The molecule has 1 aliphatic heterocycles. The molecule has 0 spiro atoms. The van der Waals surface area contributed by atoms with Crippen molar-refractivity contribution in [1.29, 1.82) is 0 Å². The van der Waals surface area contributed by atoms with E-state index in [9.17, 15) is 13.2 Å². The highest BCUT2D eigenvalue weighted by molar-refractivity contribution is 7.99. The summed E-state index contributed by atoms with van der Waals surface area (Å²) in [7, 11) is 0. The first kappa shape index (κ1) is 19.1. The minimum Gasteiger partial charge on any atom is -0.369 e. The SMILES string of the molecule is CCSc1ccc(CN2CCN(c3cccc(C(F)(F)F)c3)CC2)cc1. The fraction of sp³-hybridized carbons (Fsp3) is 0.400. The number of hydrogen-bond donors (Lipinski definition) is 0. The van der Waals surface area contributed by atoms with Crippen LogP contribution in [0.2, 0.25) is 0 Å². The van der Waals surface area contributed by atoms with Crippen molar-refractivity contribution in [1.82, 2.24) is 4.90 Å². The second kappa shape index (κ2) is 8.35. The number of nitrogens with zero attached hydrogens (tertiary/aromatic N) is 2. The average molecular weight is 380 g/mol. The van der Waals surface area contributed by atoms with Crippen molar-refractivity contribution < 1.29 is 13.2 Å². The number of thioether (sulfide) groups is 1. The lowest BCUT2D eigenvalue weighted by atomic mass is 10.1. The lowest BCUT2D eigenvalue weighted by Crippen LogP contribution is -2.46. The Hall–Kier alpha value is -1.66. The molecule has 1 aliphatic rings. The highest BCUT2D eigenvalue weighted by atomic mass is 32.2. The monoisotopic (exact) mass is 380 g/mol. The molecule has 1 saturated heterocycles. The summed E-state index contributed by atoms with van der Waals surface area (Å²) in [5.41, 5.74) is 1.35. The molecule has 0 atom stereocenters. The highest BCUT2D eigenvalue weighted by Gasteiger charge is 2.31. The van der Waals surface area contributed by atoms with Crippen molar-refractivity contribution in [3.63, 3.8) is 0 Å². The van der Waals surface area contributed by atoms with E-state index in [4.69, 9.17) is 0 Å². The number of anilines is 1. The summed E-state index contributed by atoms with van der Waals surface area (Å²) in [6.07, 6.45) is -4.29. The summed E-state index contributed by atoms with van der Waals surface area (Å²) in [4.78, 5) is 5.67. The maximum absolute atomic E-state index is 12.9. The van der Waals surface area contributed by atoms with Crippen LogP contribution in [0.5, 0.6) is 0 Å². The summed E-state index contributed by atoms with van der Waals surface area (Å²) < 4.78 is 38.7. The number of benzene rings is 2. The van der Waals surface area contributed by atoms with Crippen molar-refractivity contribution in [3.05, 3.63) is 59.7 Å². The maximum Gasteiger partial charge on any atom is 0.416 e. The Labute approximate surface area is 157 Å². The molecule has 2 nitrogen and oxygen atoms in total. The third-order valence-corrected chi connectivity index (χ3v) is 5.45. The van der Waals surface area contributed by atoms with Crippen molar-refractivity contribution in [3.8, 4) is 0 Å². The van der Waals surface area contributed by atoms with Gasteiger partial charge in [-0.15, -0.1) is 11.8 Å². The van der Waals surface area contributed by atoms with E-state index in [0.29, 0.717) is 5.69 Å². The van der Waals surface area contributed by atoms with E-state index in [1.807, 2.05) is 16.7 Å². The molecular weight excluding hydrogens is 357 g/mol. The molecule has 0 unspecified atom stereocenters. The quantitative estimate of drug-likeness (QED) is 0.663. The van der Waals surface area contributed by atoms with E-state index in [1.54, 1.807) is 6.07 Å².